The second-order valence-corrected chi connectivity index (χ2v) is 6.94. The molecule has 3 heterocycles. The highest BCUT2D eigenvalue weighted by Gasteiger charge is 2.38. The van der Waals surface area contributed by atoms with E-state index in [9.17, 15) is 0 Å². The fraction of sp³-hybridized carbons (Fsp3) is 0.733. The Kier molecular flexibility index (Phi) is 4.01. The Morgan fingerprint density at radius 2 is 2.05 bits per heavy atom. The molecule has 0 aromatic carbocycles. The summed E-state index contributed by atoms with van der Waals surface area (Å²) < 4.78 is 6.42. The first-order chi connectivity index (χ1) is 9.13. The quantitative estimate of drug-likeness (QED) is 0.916. The molecule has 2 aliphatic heterocycles. The van der Waals surface area contributed by atoms with Gasteiger partial charge in [-0.2, -0.15) is 0 Å². The topological polar surface area (TPSA) is 28.4 Å². The van der Waals surface area contributed by atoms with E-state index in [1.165, 1.54) is 25.7 Å². The van der Waals surface area contributed by atoms with Gasteiger partial charge in [-0.25, -0.2) is 0 Å². The van der Waals surface area contributed by atoms with Crippen molar-refractivity contribution in [2.75, 3.05) is 13.6 Å². The van der Waals surface area contributed by atoms with E-state index in [0.717, 1.165) is 35.0 Å². The standard InChI is InChI=1S/C15H23BrN2O/c1-10(14-5-6-15(16)19-14)17-9-11-7-12-3-4-13(8-11)18(12)2/h5-6,10-13,17H,3-4,7-9H2,1-2H3. The minimum absolute atomic E-state index is 0.295. The molecule has 1 aromatic heterocycles. The van der Waals surface area contributed by atoms with Gasteiger partial charge in [0.05, 0.1) is 6.04 Å². The molecule has 19 heavy (non-hydrogen) atoms. The van der Waals surface area contributed by atoms with E-state index >= 15 is 0 Å². The first-order valence-electron chi connectivity index (χ1n) is 7.34. The lowest BCUT2D eigenvalue weighted by molar-refractivity contribution is 0.131. The Labute approximate surface area is 123 Å². The number of fused-ring (bicyclic) bond motifs is 2. The van der Waals surface area contributed by atoms with Crippen molar-refractivity contribution in [3.8, 4) is 0 Å². The zero-order valence-electron chi connectivity index (χ0n) is 11.7. The van der Waals surface area contributed by atoms with Crippen LogP contribution in [0.25, 0.3) is 0 Å². The smallest absolute Gasteiger partial charge is 0.169 e. The summed E-state index contributed by atoms with van der Waals surface area (Å²) in [5, 5.41) is 3.63. The minimum atomic E-state index is 0.295. The van der Waals surface area contributed by atoms with Gasteiger partial charge < -0.3 is 14.6 Å². The van der Waals surface area contributed by atoms with Crippen LogP contribution in [0.5, 0.6) is 0 Å². The van der Waals surface area contributed by atoms with Crippen LogP contribution in [0.2, 0.25) is 0 Å². The fourth-order valence-electron chi connectivity index (χ4n) is 3.70. The number of piperidine rings is 1. The molecule has 3 rings (SSSR count). The van der Waals surface area contributed by atoms with Gasteiger partial charge >= 0.3 is 0 Å². The molecular weight excluding hydrogens is 304 g/mol. The lowest BCUT2D eigenvalue weighted by Gasteiger charge is -2.36. The van der Waals surface area contributed by atoms with Crippen molar-refractivity contribution in [2.45, 2.75) is 50.7 Å². The van der Waals surface area contributed by atoms with Crippen LogP contribution in [0, 0.1) is 5.92 Å². The van der Waals surface area contributed by atoms with Gasteiger partial charge in [-0.3, -0.25) is 0 Å². The maximum absolute atomic E-state index is 5.60. The van der Waals surface area contributed by atoms with E-state index < -0.39 is 0 Å². The number of hydrogen-bond acceptors (Lipinski definition) is 3. The van der Waals surface area contributed by atoms with Crippen molar-refractivity contribution < 1.29 is 4.42 Å². The van der Waals surface area contributed by atoms with Gasteiger partial charge in [0.15, 0.2) is 4.67 Å². The van der Waals surface area contributed by atoms with Crippen molar-refractivity contribution >= 4 is 15.9 Å². The molecule has 0 radical (unpaired) electrons. The summed E-state index contributed by atoms with van der Waals surface area (Å²) >= 11 is 3.36. The maximum Gasteiger partial charge on any atom is 0.169 e. The normalized spacial score (nSPS) is 32.7. The van der Waals surface area contributed by atoms with Crippen molar-refractivity contribution in [3.63, 3.8) is 0 Å². The number of nitrogens with zero attached hydrogens (tertiary/aromatic N) is 1. The Morgan fingerprint density at radius 1 is 1.37 bits per heavy atom. The molecule has 2 fully saturated rings. The first kappa shape index (κ1) is 13.7. The highest BCUT2D eigenvalue weighted by molar-refractivity contribution is 9.10. The molecule has 106 valence electrons. The highest BCUT2D eigenvalue weighted by atomic mass is 79.9. The molecule has 1 aromatic rings. The Hall–Kier alpha value is -0.320. The van der Waals surface area contributed by atoms with E-state index in [1.54, 1.807) is 0 Å². The summed E-state index contributed by atoms with van der Waals surface area (Å²) in [5.74, 6) is 1.84. The lowest BCUT2D eigenvalue weighted by Crippen LogP contribution is -2.42. The van der Waals surface area contributed by atoms with Crippen LogP contribution in [-0.2, 0) is 0 Å². The van der Waals surface area contributed by atoms with Gasteiger partial charge in [-0.1, -0.05) is 0 Å². The molecule has 1 N–H and O–H groups in total. The molecule has 0 spiro atoms. The molecule has 0 amide bonds. The molecule has 3 atom stereocenters. The van der Waals surface area contributed by atoms with Gasteiger partial charge in [0.2, 0.25) is 0 Å². The van der Waals surface area contributed by atoms with E-state index in [0.29, 0.717) is 6.04 Å². The zero-order valence-corrected chi connectivity index (χ0v) is 13.3. The summed E-state index contributed by atoms with van der Waals surface area (Å²) in [5.41, 5.74) is 0. The maximum atomic E-state index is 5.60. The zero-order chi connectivity index (χ0) is 13.4. The van der Waals surface area contributed by atoms with E-state index in [2.05, 4.69) is 40.1 Å². The second-order valence-electron chi connectivity index (χ2n) is 6.16. The monoisotopic (exact) mass is 326 g/mol. The molecule has 3 unspecified atom stereocenters. The average Bonchev–Trinajstić information content (AvgIpc) is 2.88. The second kappa shape index (κ2) is 5.58. The predicted molar refractivity (Wildman–Crippen MR) is 80.1 cm³/mol. The van der Waals surface area contributed by atoms with Crippen LogP contribution < -0.4 is 5.32 Å². The van der Waals surface area contributed by atoms with Crippen molar-refractivity contribution in [3.05, 3.63) is 22.6 Å². The fourth-order valence-corrected chi connectivity index (χ4v) is 4.01. The predicted octanol–water partition coefficient (Wildman–Crippen LogP) is 3.57. The van der Waals surface area contributed by atoms with E-state index in [1.807, 2.05) is 12.1 Å². The summed E-state index contributed by atoms with van der Waals surface area (Å²) in [7, 11) is 2.30. The third kappa shape index (κ3) is 2.91. The Morgan fingerprint density at radius 3 is 2.63 bits per heavy atom. The third-order valence-electron chi connectivity index (χ3n) is 4.93. The van der Waals surface area contributed by atoms with Crippen molar-refractivity contribution in [1.29, 1.82) is 0 Å². The van der Waals surface area contributed by atoms with Gasteiger partial charge in [0.1, 0.15) is 5.76 Å². The van der Waals surface area contributed by atoms with Gasteiger partial charge in [-0.15, -0.1) is 0 Å². The molecule has 2 saturated heterocycles. The minimum Gasteiger partial charge on any atom is -0.453 e. The summed E-state index contributed by atoms with van der Waals surface area (Å²) in [6.45, 7) is 3.29. The number of nitrogens with one attached hydrogen (secondary N) is 1. The van der Waals surface area contributed by atoms with Crippen LogP contribution in [0.4, 0.5) is 0 Å². The van der Waals surface area contributed by atoms with Crippen LogP contribution in [-0.4, -0.2) is 30.6 Å². The van der Waals surface area contributed by atoms with Gasteiger partial charge in [0.25, 0.3) is 0 Å². The lowest BCUT2D eigenvalue weighted by atomic mass is 9.91. The third-order valence-corrected chi connectivity index (χ3v) is 5.36. The summed E-state index contributed by atoms with van der Waals surface area (Å²) in [6.07, 6.45) is 5.51. The molecule has 4 heteroatoms. The van der Waals surface area contributed by atoms with Crippen LogP contribution in [0.3, 0.4) is 0 Å². The van der Waals surface area contributed by atoms with Crippen molar-refractivity contribution in [2.24, 2.45) is 5.92 Å². The van der Waals surface area contributed by atoms with Crippen molar-refractivity contribution in [1.82, 2.24) is 10.2 Å². The molecule has 0 aliphatic carbocycles. The number of halogens is 1. The molecule has 0 saturated carbocycles. The first-order valence-corrected chi connectivity index (χ1v) is 8.13. The molecule has 2 aliphatic rings. The largest absolute Gasteiger partial charge is 0.453 e. The molecule has 2 bridgehead atoms. The number of hydrogen-bond donors (Lipinski definition) is 1. The Bertz CT molecular complexity index is 420. The van der Waals surface area contributed by atoms with E-state index in [-0.39, 0.29) is 0 Å². The highest BCUT2D eigenvalue weighted by Crippen LogP contribution is 2.37. The molecular formula is C15H23BrN2O. The van der Waals surface area contributed by atoms with Crippen LogP contribution in [0.15, 0.2) is 21.2 Å². The van der Waals surface area contributed by atoms with Gasteiger partial charge in [-0.05, 0) is 80.2 Å². The number of furan rings is 1. The summed E-state index contributed by atoms with van der Waals surface area (Å²) in [6, 6.07) is 5.96. The van der Waals surface area contributed by atoms with Crippen LogP contribution in [0.1, 0.15) is 44.4 Å². The SMILES string of the molecule is CC(NCC1CC2CCC(C1)N2C)c1ccc(Br)o1. The van der Waals surface area contributed by atoms with Gasteiger partial charge in [0, 0.05) is 12.1 Å². The Balaban J connectivity index is 1.50. The number of rotatable bonds is 4. The average molecular weight is 327 g/mol. The molecule has 3 nitrogen and oxygen atoms in total. The summed E-state index contributed by atoms with van der Waals surface area (Å²) in [4.78, 5) is 2.60. The van der Waals surface area contributed by atoms with Crippen LogP contribution >= 0.6 is 15.9 Å². The van der Waals surface area contributed by atoms with E-state index in [4.69, 9.17) is 4.42 Å².